The maximum Gasteiger partial charge on any atom is 0.433 e. The first kappa shape index (κ1) is 22.7. The lowest BCUT2D eigenvalue weighted by atomic mass is 9.72. The van der Waals surface area contributed by atoms with Crippen molar-refractivity contribution in [2.24, 2.45) is 0 Å². The Morgan fingerprint density at radius 3 is 2.63 bits per heavy atom. The van der Waals surface area contributed by atoms with Crippen molar-refractivity contribution >= 4 is 29.3 Å². The van der Waals surface area contributed by atoms with Gasteiger partial charge in [-0.2, -0.15) is 13.2 Å². The summed E-state index contributed by atoms with van der Waals surface area (Å²) in [6.45, 7) is -0.389. The Morgan fingerprint density at radius 1 is 1.30 bits per heavy atom. The first-order valence-electron chi connectivity index (χ1n) is 8.99. The van der Waals surface area contributed by atoms with Crippen LogP contribution >= 0.6 is 23.4 Å². The minimum absolute atomic E-state index is 0.00872. The van der Waals surface area contributed by atoms with Gasteiger partial charge in [-0.05, 0) is 43.5 Å². The normalized spacial score (nSPS) is 24.5. The zero-order chi connectivity index (χ0) is 22.1. The molecule has 1 N–H and O–H groups in total. The van der Waals surface area contributed by atoms with E-state index in [4.69, 9.17) is 23.4 Å². The monoisotopic (exact) mass is 465 g/mol. The van der Waals surface area contributed by atoms with Crippen LogP contribution in [-0.2, 0) is 6.18 Å². The van der Waals surface area contributed by atoms with Crippen LogP contribution in [0.25, 0.3) is 0 Å². The van der Waals surface area contributed by atoms with Crippen LogP contribution in [0.3, 0.4) is 0 Å². The number of halogens is 6. The molecule has 1 amide bonds. The van der Waals surface area contributed by atoms with Crippen LogP contribution in [0.15, 0.2) is 36.5 Å². The number of nitrogens with zero attached hydrogens (tertiary/aromatic N) is 3. The fourth-order valence-corrected chi connectivity index (χ4v) is 3.99. The van der Waals surface area contributed by atoms with E-state index < -0.39 is 35.5 Å². The van der Waals surface area contributed by atoms with Crippen molar-refractivity contribution in [3.8, 4) is 0 Å². The number of amides is 1. The van der Waals surface area contributed by atoms with Crippen molar-refractivity contribution < 1.29 is 27.5 Å². The average Bonchev–Trinajstić information content (AvgIpc) is 2.69. The fourth-order valence-electron chi connectivity index (χ4n) is 3.52. The zero-order valence-corrected chi connectivity index (χ0v) is 16.9. The van der Waals surface area contributed by atoms with E-state index >= 15 is 0 Å². The molecule has 2 aromatic rings. The third kappa shape index (κ3) is 5.01. The van der Waals surface area contributed by atoms with E-state index in [-0.39, 0.29) is 36.5 Å². The molecule has 1 aliphatic carbocycles. The number of hydrogen-bond donors (Lipinski definition) is 1. The first-order chi connectivity index (χ1) is 14.0. The molecule has 11 heteroatoms. The van der Waals surface area contributed by atoms with Gasteiger partial charge in [-0.25, -0.2) is 13.8 Å². The third-order valence-corrected chi connectivity index (χ3v) is 5.54. The van der Waals surface area contributed by atoms with E-state index in [1.165, 1.54) is 6.07 Å². The smallest absolute Gasteiger partial charge is 0.387 e. The quantitative estimate of drug-likeness (QED) is 0.400. The van der Waals surface area contributed by atoms with Gasteiger partial charge in [-0.1, -0.05) is 17.7 Å². The van der Waals surface area contributed by atoms with E-state index in [0.29, 0.717) is 16.2 Å². The van der Waals surface area contributed by atoms with Crippen molar-refractivity contribution in [3.63, 3.8) is 0 Å². The summed E-state index contributed by atoms with van der Waals surface area (Å²) in [6.07, 6.45) is -5.01. The van der Waals surface area contributed by atoms with Crippen LogP contribution in [0.5, 0.6) is 0 Å². The molecule has 5 nitrogen and oxygen atoms in total. The summed E-state index contributed by atoms with van der Waals surface area (Å²) in [6, 6.07) is 6.37. The van der Waals surface area contributed by atoms with Gasteiger partial charge in [0.25, 0.3) is 5.91 Å². The highest BCUT2D eigenvalue weighted by Gasteiger charge is 2.46. The second kappa shape index (κ2) is 8.64. The second-order valence-corrected chi connectivity index (χ2v) is 7.96. The molecule has 0 saturated heterocycles. The summed E-state index contributed by atoms with van der Waals surface area (Å²) in [5, 5.41) is 11.4. The molecule has 2 aromatic heterocycles. The van der Waals surface area contributed by atoms with Crippen molar-refractivity contribution in [3.05, 3.63) is 58.6 Å². The molecule has 1 aliphatic rings. The lowest BCUT2D eigenvalue weighted by molar-refractivity contribution is -0.141. The van der Waals surface area contributed by atoms with Crippen molar-refractivity contribution in [2.45, 2.75) is 43.1 Å². The molecule has 3 rings (SSSR count). The number of pyridine rings is 2. The number of carbonyl (C=O) groups excluding carboxylic acids is 1. The van der Waals surface area contributed by atoms with Crippen LogP contribution in [-0.4, -0.2) is 43.7 Å². The fraction of sp³-hybridized carbons (Fsp3) is 0.421. The molecule has 1 saturated carbocycles. The summed E-state index contributed by atoms with van der Waals surface area (Å²) in [4.78, 5) is 19.9. The predicted octanol–water partition coefficient (Wildman–Crippen LogP) is 4.78. The minimum Gasteiger partial charge on any atom is -0.387 e. The Bertz CT molecular complexity index is 913. The van der Waals surface area contributed by atoms with E-state index in [9.17, 15) is 27.5 Å². The standard InChI is InChI=1S/C19H17Cl2F4N3O2/c20-16-3-1-2-14(27-16)13-8-12(22)6-7-18(13,30)10-28(21)17(29)11-4-5-15(26-9-11)19(23,24)25/h1-5,9,12-13,30H,6-8,10H2. The number of aliphatic hydroxyl groups is 1. The predicted molar refractivity (Wildman–Crippen MR) is 102 cm³/mol. The molecule has 2 heterocycles. The van der Waals surface area contributed by atoms with Gasteiger partial charge < -0.3 is 5.11 Å². The van der Waals surface area contributed by atoms with Crippen molar-refractivity contribution in [1.29, 1.82) is 0 Å². The maximum absolute atomic E-state index is 14.1. The first-order valence-corrected chi connectivity index (χ1v) is 9.71. The Morgan fingerprint density at radius 2 is 2.03 bits per heavy atom. The maximum atomic E-state index is 14.1. The molecule has 1 fully saturated rings. The molecule has 30 heavy (non-hydrogen) atoms. The van der Waals surface area contributed by atoms with E-state index in [1.54, 1.807) is 12.1 Å². The van der Waals surface area contributed by atoms with E-state index in [2.05, 4.69) is 9.97 Å². The molecule has 0 bridgehead atoms. The van der Waals surface area contributed by atoms with E-state index in [0.717, 1.165) is 12.3 Å². The highest BCUT2D eigenvalue weighted by atomic mass is 35.5. The average molecular weight is 466 g/mol. The second-order valence-electron chi connectivity index (χ2n) is 7.17. The van der Waals surface area contributed by atoms with Crippen molar-refractivity contribution in [2.75, 3.05) is 6.54 Å². The molecule has 0 radical (unpaired) electrons. The highest BCUT2D eigenvalue weighted by molar-refractivity contribution is 6.29. The summed E-state index contributed by atoms with van der Waals surface area (Å²) >= 11 is 12.0. The van der Waals surface area contributed by atoms with Gasteiger partial charge >= 0.3 is 6.18 Å². The number of carbonyl (C=O) groups is 1. The molecule has 0 spiro atoms. The molecular formula is C19H17Cl2F4N3O2. The van der Waals surface area contributed by atoms with Gasteiger partial charge in [0.15, 0.2) is 0 Å². The molecule has 3 atom stereocenters. The lowest BCUT2D eigenvalue weighted by Gasteiger charge is -2.42. The number of aromatic nitrogens is 2. The highest BCUT2D eigenvalue weighted by Crippen LogP contribution is 2.42. The van der Waals surface area contributed by atoms with Gasteiger partial charge in [0.05, 0.1) is 17.7 Å². The van der Waals surface area contributed by atoms with Gasteiger partial charge in [0, 0.05) is 29.6 Å². The van der Waals surface area contributed by atoms with Gasteiger partial charge in [0.2, 0.25) is 0 Å². The summed E-state index contributed by atoms with van der Waals surface area (Å²) < 4.78 is 52.7. The Labute approximate surface area is 179 Å². The molecular weight excluding hydrogens is 449 g/mol. The Balaban J connectivity index is 1.80. The summed E-state index contributed by atoms with van der Waals surface area (Å²) in [5.74, 6) is -1.62. The Hall–Kier alpha value is -1.97. The Kier molecular flexibility index (Phi) is 6.54. The van der Waals surface area contributed by atoms with Crippen LogP contribution in [0, 0.1) is 0 Å². The van der Waals surface area contributed by atoms with Gasteiger partial charge in [0.1, 0.15) is 17.0 Å². The van der Waals surface area contributed by atoms with Gasteiger partial charge in [-0.15, -0.1) is 0 Å². The van der Waals surface area contributed by atoms with Crippen molar-refractivity contribution in [1.82, 2.24) is 14.4 Å². The lowest BCUT2D eigenvalue weighted by Crippen LogP contribution is -2.50. The molecule has 162 valence electrons. The molecule has 3 unspecified atom stereocenters. The number of rotatable bonds is 4. The van der Waals surface area contributed by atoms with Crippen LogP contribution in [0.2, 0.25) is 5.15 Å². The van der Waals surface area contributed by atoms with Gasteiger partial charge in [-0.3, -0.25) is 9.78 Å². The van der Waals surface area contributed by atoms with Crippen LogP contribution < -0.4 is 0 Å². The topological polar surface area (TPSA) is 66.3 Å². The summed E-state index contributed by atoms with van der Waals surface area (Å²) in [7, 11) is 0. The van der Waals surface area contributed by atoms with Crippen LogP contribution in [0.4, 0.5) is 17.6 Å². The third-order valence-electron chi connectivity index (χ3n) is 5.06. The van der Waals surface area contributed by atoms with E-state index in [1.807, 2.05) is 0 Å². The minimum atomic E-state index is -4.64. The number of alkyl halides is 4. The molecule has 0 aromatic carbocycles. The van der Waals surface area contributed by atoms with Crippen LogP contribution in [0.1, 0.15) is 46.9 Å². The summed E-state index contributed by atoms with van der Waals surface area (Å²) in [5.41, 5.74) is -2.57. The molecule has 0 aliphatic heterocycles. The zero-order valence-electron chi connectivity index (χ0n) is 15.4. The largest absolute Gasteiger partial charge is 0.433 e. The SMILES string of the molecule is O=C(c1ccc(C(F)(F)F)nc1)N(Cl)CC1(O)CCC(F)CC1c1cccc(Cl)n1. The number of hydrogen-bond acceptors (Lipinski definition) is 4.